The maximum atomic E-state index is 5.82. The van der Waals surface area contributed by atoms with E-state index in [1.807, 2.05) is 6.20 Å². The van der Waals surface area contributed by atoms with Crippen molar-refractivity contribution in [1.29, 1.82) is 0 Å². The molecule has 0 N–H and O–H groups in total. The minimum atomic E-state index is 0.233. The van der Waals surface area contributed by atoms with Gasteiger partial charge in [-0.3, -0.25) is 9.80 Å². The fourth-order valence-electron chi connectivity index (χ4n) is 4.39. The van der Waals surface area contributed by atoms with Crippen molar-refractivity contribution in [2.45, 2.75) is 51.5 Å². The van der Waals surface area contributed by atoms with Gasteiger partial charge in [-0.2, -0.15) is 0 Å². The van der Waals surface area contributed by atoms with E-state index < -0.39 is 0 Å². The van der Waals surface area contributed by atoms with Crippen LogP contribution in [0.4, 0.5) is 5.95 Å². The topological polar surface area (TPSA) is 44.7 Å². The Labute approximate surface area is 144 Å². The van der Waals surface area contributed by atoms with Crippen molar-refractivity contribution in [1.82, 2.24) is 19.8 Å². The average Bonchev–Trinajstić information content (AvgIpc) is 3.02. The van der Waals surface area contributed by atoms with Gasteiger partial charge in [0.2, 0.25) is 5.95 Å². The fraction of sp³-hybridized carbons (Fsp3) is 0.778. The van der Waals surface area contributed by atoms with Gasteiger partial charge in [0, 0.05) is 51.5 Å². The van der Waals surface area contributed by atoms with E-state index >= 15 is 0 Å². The molecule has 0 amide bonds. The van der Waals surface area contributed by atoms with Gasteiger partial charge >= 0.3 is 0 Å². The van der Waals surface area contributed by atoms with E-state index in [4.69, 9.17) is 9.72 Å². The Balaban J connectivity index is 1.41. The van der Waals surface area contributed by atoms with Crippen LogP contribution < -0.4 is 4.90 Å². The van der Waals surface area contributed by atoms with Crippen molar-refractivity contribution < 1.29 is 4.74 Å². The molecule has 24 heavy (non-hydrogen) atoms. The summed E-state index contributed by atoms with van der Waals surface area (Å²) in [5.41, 5.74) is 1.14. The molecule has 4 heterocycles. The first-order valence-corrected chi connectivity index (χ1v) is 9.36. The van der Waals surface area contributed by atoms with E-state index in [1.54, 1.807) is 0 Å². The fourth-order valence-corrected chi connectivity index (χ4v) is 4.39. The number of nitrogens with zero attached hydrogens (tertiary/aromatic N) is 5. The van der Waals surface area contributed by atoms with E-state index in [1.165, 1.54) is 32.5 Å². The average molecular weight is 331 g/mol. The SMILES string of the molecule is C[C@H]1CN(c2nccc(CN3CCN4CCC[C@@H]4C3)n2)C[C@H](C)O1. The molecule has 3 aliphatic rings. The maximum absolute atomic E-state index is 5.82. The molecule has 0 radical (unpaired) electrons. The normalized spacial score (nSPS) is 32.1. The number of fused-ring (bicyclic) bond motifs is 1. The molecule has 1 aromatic rings. The minimum absolute atomic E-state index is 0.233. The van der Waals surface area contributed by atoms with E-state index in [2.05, 4.69) is 39.6 Å². The van der Waals surface area contributed by atoms with Gasteiger partial charge in [0.25, 0.3) is 0 Å². The Morgan fingerprint density at radius 1 is 1.12 bits per heavy atom. The van der Waals surface area contributed by atoms with Gasteiger partial charge in [0.05, 0.1) is 17.9 Å². The van der Waals surface area contributed by atoms with Gasteiger partial charge < -0.3 is 9.64 Å². The van der Waals surface area contributed by atoms with Gasteiger partial charge in [-0.15, -0.1) is 0 Å². The molecule has 3 atom stereocenters. The number of anilines is 1. The predicted molar refractivity (Wildman–Crippen MR) is 94.1 cm³/mol. The van der Waals surface area contributed by atoms with Crippen LogP contribution in [0.3, 0.4) is 0 Å². The van der Waals surface area contributed by atoms with Crippen LogP contribution in [0, 0.1) is 0 Å². The van der Waals surface area contributed by atoms with Crippen LogP contribution >= 0.6 is 0 Å². The zero-order chi connectivity index (χ0) is 16.5. The number of piperazine rings is 1. The third-order valence-electron chi connectivity index (χ3n) is 5.46. The number of hydrogen-bond donors (Lipinski definition) is 0. The maximum Gasteiger partial charge on any atom is 0.225 e. The van der Waals surface area contributed by atoms with Crippen LogP contribution in [0.5, 0.6) is 0 Å². The molecule has 3 saturated heterocycles. The zero-order valence-corrected chi connectivity index (χ0v) is 14.9. The molecule has 6 nitrogen and oxygen atoms in total. The van der Waals surface area contributed by atoms with Crippen molar-refractivity contribution in [2.75, 3.05) is 44.2 Å². The van der Waals surface area contributed by atoms with Crippen LogP contribution in [0.1, 0.15) is 32.4 Å². The Hall–Kier alpha value is -1.24. The summed E-state index contributed by atoms with van der Waals surface area (Å²) < 4.78 is 5.82. The molecule has 0 aliphatic carbocycles. The summed E-state index contributed by atoms with van der Waals surface area (Å²) in [4.78, 5) is 16.8. The predicted octanol–water partition coefficient (Wildman–Crippen LogP) is 1.37. The van der Waals surface area contributed by atoms with Crippen LogP contribution in [-0.4, -0.2) is 77.3 Å². The monoisotopic (exact) mass is 331 g/mol. The minimum Gasteiger partial charge on any atom is -0.372 e. The van der Waals surface area contributed by atoms with Crippen LogP contribution in [0.15, 0.2) is 12.3 Å². The largest absolute Gasteiger partial charge is 0.372 e. The number of ether oxygens (including phenoxy) is 1. The highest BCUT2D eigenvalue weighted by molar-refractivity contribution is 5.31. The lowest BCUT2D eigenvalue weighted by Crippen LogP contribution is -2.49. The third-order valence-corrected chi connectivity index (χ3v) is 5.46. The standard InChI is InChI=1S/C18H29N5O/c1-14-10-23(11-15(2)24-14)18-19-6-5-16(20-18)12-21-8-9-22-7-3-4-17(22)13-21/h5-6,14-15,17H,3-4,7-13H2,1-2H3/t14-,15-,17+/m0/s1. The molecule has 0 saturated carbocycles. The highest BCUT2D eigenvalue weighted by Gasteiger charge is 2.30. The Morgan fingerprint density at radius 3 is 2.79 bits per heavy atom. The molecule has 0 aromatic carbocycles. The Morgan fingerprint density at radius 2 is 1.96 bits per heavy atom. The summed E-state index contributed by atoms with van der Waals surface area (Å²) in [6, 6.07) is 2.83. The molecule has 0 bridgehead atoms. The van der Waals surface area contributed by atoms with Crippen LogP contribution in [-0.2, 0) is 11.3 Å². The zero-order valence-electron chi connectivity index (χ0n) is 14.9. The summed E-state index contributed by atoms with van der Waals surface area (Å²) in [7, 11) is 0. The van der Waals surface area contributed by atoms with Gasteiger partial charge in [0.1, 0.15) is 0 Å². The summed E-state index contributed by atoms with van der Waals surface area (Å²) in [6.45, 7) is 11.8. The van der Waals surface area contributed by atoms with Crippen LogP contribution in [0.2, 0.25) is 0 Å². The van der Waals surface area contributed by atoms with Crippen molar-refractivity contribution in [3.63, 3.8) is 0 Å². The molecular formula is C18H29N5O. The first-order chi connectivity index (χ1) is 11.7. The van der Waals surface area contributed by atoms with Crippen LogP contribution in [0.25, 0.3) is 0 Å². The summed E-state index contributed by atoms with van der Waals surface area (Å²) in [5.74, 6) is 0.856. The molecule has 1 aromatic heterocycles. The quantitative estimate of drug-likeness (QED) is 0.834. The Bertz CT molecular complexity index is 558. The molecule has 0 unspecified atom stereocenters. The van der Waals surface area contributed by atoms with E-state index in [-0.39, 0.29) is 12.2 Å². The van der Waals surface area contributed by atoms with Crippen molar-refractivity contribution in [2.24, 2.45) is 0 Å². The Kier molecular flexibility index (Phi) is 4.70. The molecule has 4 rings (SSSR count). The highest BCUT2D eigenvalue weighted by atomic mass is 16.5. The van der Waals surface area contributed by atoms with Gasteiger partial charge in [0.15, 0.2) is 0 Å². The lowest BCUT2D eigenvalue weighted by Gasteiger charge is -2.37. The smallest absolute Gasteiger partial charge is 0.225 e. The molecule has 6 heteroatoms. The third kappa shape index (κ3) is 3.55. The lowest BCUT2D eigenvalue weighted by atomic mass is 10.1. The second-order valence-electron chi connectivity index (χ2n) is 7.58. The second-order valence-corrected chi connectivity index (χ2v) is 7.58. The van der Waals surface area contributed by atoms with E-state index in [0.29, 0.717) is 0 Å². The van der Waals surface area contributed by atoms with Crippen molar-refractivity contribution >= 4 is 5.95 Å². The molecule has 0 spiro atoms. The number of hydrogen-bond acceptors (Lipinski definition) is 6. The molecular weight excluding hydrogens is 302 g/mol. The molecule has 3 fully saturated rings. The number of morpholine rings is 1. The number of aromatic nitrogens is 2. The number of rotatable bonds is 3. The molecule has 3 aliphatic heterocycles. The lowest BCUT2D eigenvalue weighted by molar-refractivity contribution is -0.00574. The molecule has 132 valence electrons. The van der Waals surface area contributed by atoms with E-state index in [0.717, 1.165) is 43.9 Å². The van der Waals surface area contributed by atoms with E-state index in [9.17, 15) is 0 Å². The summed E-state index contributed by atoms with van der Waals surface area (Å²) in [6.07, 6.45) is 5.10. The highest BCUT2D eigenvalue weighted by Crippen LogP contribution is 2.23. The second kappa shape index (κ2) is 6.94. The van der Waals surface area contributed by atoms with Gasteiger partial charge in [-0.25, -0.2) is 9.97 Å². The van der Waals surface area contributed by atoms with Gasteiger partial charge in [-0.05, 0) is 39.3 Å². The first-order valence-electron chi connectivity index (χ1n) is 9.36. The van der Waals surface area contributed by atoms with Gasteiger partial charge in [-0.1, -0.05) is 0 Å². The van der Waals surface area contributed by atoms with Crippen molar-refractivity contribution in [3.05, 3.63) is 18.0 Å². The first kappa shape index (κ1) is 16.2. The summed E-state index contributed by atoms with van der Waals surface area (Å²) >= 11 is 0. The van der Waals surface area contributed by atoms with Crippen molar-refractivity contribution in [3.8, 4) is 0 Å². The summed E-state index contributed by atoms with van der Waals surface area (Å²) in [5, 5.41) is 0.